The molecule has 0 radical (unpaired) electrons. The molecule has 0 unspecified atom stereocenters. The highest BCUT2D eigenvalue weighted by atomic mass is 16.4. The molecule has 6 rings (SSSR count). The Morgan fingerprint density at radius 1 is 1.22 bits per heavy atom. The quantitative estimate of drug-likeness (QED) is 0.536. The molecule has 184 valence electrons. The van der Waals surface area contributed by atoms with Crippen molar-refractivity contribution < 1.29 is 19.1 Å². The van der Waals surface area contributed by atoms with Crippen LogP contribution in [0.25, 0.3) is 11.3 Å². The zero-order chi connectivity index (χ0) is 24.8. The minimum atomic E-state index is -1.02. The Hall–Kier alpha value is -4.20. The summed E-state index contributed by atoms with van der Waals surface area (Å²) in [6, 6.07) is 7.16. The summed E-state index contributed by atoms with van der Waals surface area (Å²) < 4.78 is 7.60. The Labute approximate surface area is 206 Å². The van der Waals surface area contributed by atoms with Gasteiger partial charge >= 0.3 is 12.0 Å². The molecule has 2 saturated carbocycles. The maximum Gasteiger partial charge on any atom is 0.407 e. The summed E-state index contributed by atoms with van der Waals surface area (Å²) >= 11 is 0. The number of carbonyl (C=O) groups excluding carboxylic acids is 1. The number of rotatable bonds is 7. The van der Waals surface area contributed by atoms with E-state index in [9.17, 15) is 20.0 Å². The van der Waals surface area contributed by atoms with Crippen molar-refractivity contribution in [1.82, 2.24) is 29.8 Å². The van der Waals surface area contributed by atoms with Crippen LogP contribution in [0.2, 0.25) is 0 Å². The van der Waals surface area contributed by atoms with Gasteiger partial charge in [0.25, 0.3) is 5.89 Å². The molecule has 1 aromatic carbocycles. The van der Waals surface area contributed by atoms with Gasteiger partial charge in [-0.3, -0.25) is 9.48 Å². The molecule has 11 nitrogen and oxygen atoms in total. The molecule has 2 amide bonds. The number of oxazole rings is 1. The van der Waals surface area contributed by atoms with Gasteiger partial charge in [0.05, 0.1) is 42.7 Å². The lowest BCUT2D eigenvalue weighted by atomic mass is 9.99. The number of benzene rings is 1. The fourth-order valence-corrected chi connectivity index (χ4v) is 5.23. The predicted octanol–water partition coefficient (Wildman–Crippen LogP) is 3.11. The van der Waals surface area contributed by atoms with Crippen LogP contribution in [0.3, 0.4) is 0 Å². The number of nitriles is 1. The predicted molar refractivity (Wildman–Crippen MR) is 125 cm³/mol. The third-order valence-electron chi connectivity index (χ3n) is 7.23. The molecule has 1 N–H and O–H groups in total. The van der Waals surface area contributed by atoms with Gasteiger partial charge in [-0.05, 0) is 55.7 Å². The van der Waals surface area contributed by atoms with Crippen LogP contribution >= 0.6 is 0 Å². The summed E-state index contributed by atoms with van der Waals surface area (Å²) in [4.78, 5) is 33.1. The summed E-state index contributed by atoms with van der Waals surface area (Å²) in [5, 5.41) is 26.9. The third-order valence-corrected chi connectivity index (χ3v) is 7.23. The normalized spacial score (nSPS) is 21.4. The van der Waals surface area contributed by atoms with E-state index in [2.05, 4.69) is 21.4 Å². The van der Waals surface area contributed by atoms with Gasteiger partial charge in [-0.25, -0.2) is 9.78 Å². The van der Waals surface area contributed by atoms with E-state index in [4.69, 9.17) is 4.42 Å². The first kappa shape index (κ1) is 22.3. The number of aromatic nitrogens is 4. The van der Waals surface area contributed by atoms with Gasteiger partial charge in [0.15, 0.2) is 5.76 Å². The van der Waals surface area contributed by atoms with E-state index in [0.717, 1.165) is 36.8 Å². The SMILES string of the molecule is N#Cc1ccc(C2CC2)c(-c2cnc(C(=O)N(C3CC3)[C@@H]3C[C@@H](Cn4ccnn4)N(C(=O)O)C3)o2)c1. The third kappa shape index (κ3) is 4.19. The van der Waals surface area contributed by atoms with Crippen LogP contribution in [0.15, 0.2) is 41.2 Å². The van der Waals surface area contributed by atoms with Crippen LogP contribution in [0, 0.1) is 11.3 Å². The molecule has 3 heterocycles. The van der Waals surface area contributed by atoms with E-state index in [1.54, 1.807) is 40.3 Å². The molecular formula is C25H25N7O4. The Balaban J connectivity index is 1.26. The van der Waals surface area contributed by atoms with Crippen molar-refractivity contribution in [2.45, 2.75) is 62.7 Å². The smallest absolute Gasteiger partial charge is 0.407 e. The van der Waals surface area contributed by atoms with Crippen LogP contribution in [-0.4, -0.2) is 71.6 Å². The van der Waals surface area contributed by atoms with Crippen LogP contribution in [0.1, 0.15) is 59.8 Å². The maximum absolute atomic E-state index is 13.6. The Morgan fingerprint density at radius 2 is 2.06 bits per heavy atom. The van der Waals surface area contributed by atoms with Crippen LogP contribution < -0.4 is 0 Å². The zero-order valence-electron chi connectivity index (χ0n) is 19.5. The van der Waals surface area contributed by atoms with Crippen LogP contribution in [-0.2, 0) is 6.54 Å². The van der Waals surface area contributed by atoms with Gasteiger partial charge in [0, 0.05) is 24.3 Å². The second kappa shape index (κ2) is 8.78. The number of carbonyl (C=O) groups is 2. The molecule has 3 fully saturated rings. The second-order valence-corrected chi connectivity index (χ2v) is 9.76. The number of amides is 2. The average molecular weight is 488 g/mol. The molecule has 0 spiro atoms. The highest BCUT2D eigenvalue weighted by molar-refractivity contribution is 5.91. The Morgan fingerprint density at radius 3 is 2.72 bits per heavy atom. The first-order valence-corrected chi connectivity index (χ1v) is 12.2. The molecule has 3 aliphatic rings. The van der Waals surface area contributed by atoms with Crippen molar-refractivity contribution in [2.75, 3.05) is 6.54 Å². The summed E-state index contributed by atoms with van der Waals surface area (Å²) in [7, 11) is 0. The fraction of sp³-hybridized carbons (Fsp3) is 0.440. The molecule has 11 heteroatoms. The lowest BCUT2D eigenvalue weighted by Gasteiger charge is -2.27. The Bertz CT molecular complexity index is 1340. The summed E-state index contributed by atoms with van der Waals surface area (Å²) in [5.41, 5.74) is 2.43. The molecular weight excluding hydrogens is 462 g/mol. The molecule has 3 aromatic rings. The number of nitrogens with zero attached hydrogens (tertiary/aromatic N) is 7. The number of hydrogen-bond acceptors (Lipinski definition) is 7. The highest BCUT2D eigenvalue weighted by Gasteiger charge is 2.46. The lowest BCUT2D eigenvalue weighted by molar-refractivity contribution is 0.0622. The van der Waals surface area contributed by atoms with Crippen LogP contribution in [0.4, 0.5) is 4.79 Å². The van der Waals surface area contributed by atoms with E-state index in [1.165, 1.54) is 4.90 Å². The minimum Gasteiger partial charge on any atom is -0.465 e. The monoisotopic (exact) mass is 487 g/mol. The first-order chi connectivity index (χ1) is 17.5. The summed E-state index contributed by atoms with van der Waals surface area (Å²) in [6.45, 7) is 0.596. The van der Waals surface area contributed by atoms with Crippen molar-refractivity contribution >= 4 is 12.0 Å². The summed E-state index contributed by atoms with van der Waals surface area (Å²) in [5.74, 6) is 0.561. The van der Waals surface area contributed by atoms with Crippen molar-refractivity contribution in [1.29, 1.82) is 5.26 Å². The molecule has 2 atom stereocenters. The second-order valence-electron chi connectivity index (χ2n) is 9.76. The molecule has 1 saturated heterocycles. The molecule has 2 aromatic heterocycles. The highest BCUT2D eigenvalue weighted by Crippen LogP contribution is 2.45. The molecule has 1 aliphatic heterocycles. The molecule has 36 heavy (non-hydrogen) atoms. The van der Waals surface area contributed by atoms with Crippen molar-refractivity contribution in [3.8, 4) is 17.4 Å². The fourth-order valence-electron chi connectivity index (χ4n) is 5.23. The van der Waals surface area contributed by atoms with E-state index >= 15 is 0 Å². The zero-order valence-corrected chi connectivity index (χ0v) is 19.5. The Kier molecular flexibility index (Phi) is 5.44. The van der Waals surface area contributed by atoms with Gasteiger partial charge in [-0.15, -0.1) is 5.10 Å². The number of likely N-dealkylation sites (tertiary alicyclic amines) is 1. The topological polar surface area (TPSA) is 141 Å². The molecule has 0 bridgehead atoms. The first-order valence-electron chi connectivity index (χ1n) is 12.2. The summed E-state index contributed by atoms with van der Waals surface area (Å²) in [6.07, 6.45) is 8.19. The van der Waals surface area contributed by atoms with Gasteiger partial charge in [-0.2, -0.15) is 5.26 Å². The maximum atomic E-state index is 13.6. The van der Waals surface area contributed by atoms with E-state index < -0.39 is 6.09 Å². The standard InChI is InChI=1S/C25H25N7O4/c26-11-15-1-6-20(16-2-3-16)21(9-15)22-12-27-23(36-22)24(33)32(17-4-5-17)19-10-18(31(14-19)25(34)35)13-30-8-7-28-29-30/h1,6-9,12,16-19H,2-5,10,13-14H2,(H,34,35)/t18-,19+/m0/s1. The number of carboxylic acid groups (broad SMARTS) is 1. The van der Waals surface area contributed by atoms with Crippen LogP contribution in [0.5, 0.6) is 0 Å². The van der Waals surface area contributed by atoms with Crippen molar-refractivity contribution in [2.24, 2.45) is 0 Å². The van der Waals surface area contributed by atoms with E-state index in [1.807, 2.05) is 6.07 Å². The average Bonchev–Trinajstić information content (AvgIpc) is 3.74. The molecule has 2 aliphatic carbocycles. The van der Waals surface area contributed by atoms with Gasteiger partial charge in [0.1, 0.15) is 0 Å². The lowest BCUT2D eigenvalue weighted by Crippen LogP contribution is -2.44. The van der Waals surface area contributed by atoms with Crippen molar-refractivity contribution in [3.05, 3.63) is 53.8 Å². The largest absolute Gasteiger partial charge is 0.465 e. The van der Waals surface area contributed by atoms with Crippen molar-refractivity contribution in [3.63, 3.8) is 0 Å². The van der Waals surface area contributed by atoms with Gasteiger partial charge in [-0.1, -0.05) is 11.3 Å². The van der Waals surface area contributed by atoms with Gasteiger partial charge < -0.3 is 19.3 Å². The van der Waals surface area contributed by atoms with Gasteiger partial charge in [0.2, 0.25) is 0 Å². The minimum absolute atomic E-state index is 0.0115. The van der Waals surface area contributed by atoms with E-state index in [-0.39, 0.29) is 36.5 Å². The number of hydrogen-bond donors (Lipinski definition) is 1. The van der Waals surface area contributed by atoms with E-state index in [0.29, 0.717) is 30.2 Å².